The number of halogens is 2. The van der Waals surface area contributed by atoms with E-state index in [1.807, 2.05) is 19.1 Å². The molecular formula is C19H20BrFN2O2. The van der Waals surface area contributed by atoms with Crippen LogP contribution in [0.4, 0.5) is 4.39 Å². The molecule has 0 aliphatic heterocycles. The highest BCUT2D eigenvalue weighted by Gasteiger charge is 2.12. The van der Waals surface area contributed by atoms with E-state index in [1.165, 1.54) is 12.3 Å². The first-order valence-electron chi connectivity index (χ1n) is 7.87. The Morgan fingerprint density at radius 2 is 2.08 bits per heavy atom. The van der Waals surface area contributed by atoms with Crippen molar-refractivity contribution in [1.29, 1.82) is 0 Å². The van der Waals surface area contributed by atoms with Crippen molar-refractivity contribution in [3.8, 4) is 5.75 Å². The van der Waals surface area contributed by atoms with E-state index < -0.39 is 11.7 Å². The summed E-state index contributed by atoms with van der Waals surface area (Å²) in [5.41, 5.74) is 4.67. The normalized spacial score (nSPS) is 11.1. The van der Waals surface area contributed by atoms with Gasteiger partial charge in [0.15, 0.2) is 6.61 Å². The van der Waals surface area contributed by atoms with E-state index in [2.05, 4.69) is 40.3 Å². The summed E-state index contributed by atoms with van der Waals surface area (Å²) in [5, 5.41) is 3.75. The number of nitrogens with zero attached hydrogens (tertiary/aromatic N) is 1. The predicted molar refractivity (Wildman–Crippen MR) is 101 cm³/mol. The maximum Gasteiger partial charge on any atom is 0.277 e. The van der Waals surface area contributed by atoms with Crippen molar-refractivity contribution in [2.45, 2.75) is 26.7 Å². The Morgan fingerprint density at radius 3 is 2.76 bits per heavy atom. The molecule has 1 amide bonds. The molecule has 2 rings (SSSR count). The van der Waals surface area contributed by atoms with Gasteiger partial charge in [-0.2, -0.15) is 5.10 Å². The van der Waals surface area contributed by atoms with Crippen molar-refractivity contribution in [1.82, 2.24) is 5.43 Å². The molecule has 0 unspecified atom stereocenters. The van der Waals surface area contributed by atoms with Crippen LogP contribution in [0.15, 0.2) is 46.0 Å². The molecule has 6 heteroatoms. The lowest BCUT2D eigenvalue weighted by Crippen LogP contribution is -2.25. The maximum atomic E-state index is 13.4. The molecule has 2 aromatic rings. The average Bonchev–Trinajstić information content (AvgIpc) is 2.57. The van der Waals surface area contributed by atoms with Gasteiger partial charge in [-0.15, -0.1) is 0 Å². The standard InChI is InChI=1S/C19H20BrFN2O2/c1-12(2)15-9-16(20)13(3)8-18(15)25-11-19(24)23-22-10-14-6-4-5-7-17(14)21/h4-10,12H,11H2,1-3H3,(H,23,24)/b22-10+. The molecule has 1 N–H and O–H groups in total. The zero-order valence-corrected chi connectivity index (χ0v) is 15.9. The van der Waals surface area contributed by atoms with Gasteiger partial charge < -0.3 is 4.74 Å². The summed E-state index contributed by atoms with van der Waals surface area (Å²) in [6, 6.07) is 10.1. The quantitative estimate of drug-likeness (QED) is 0.564. The lowest BCUT2D eigenvalue weighted by molar-refractivity contribution is -0.123. The van der Waals surface area contributed by atoms with E-state index in [1.54, 1.807) is 18.2 Å². The molecule has 0 aromatic heterocycles. The Bertz CT molecular complexity index is 791. The van der Waals surface area contributed by atoms with Crippen LogP contribution in [0.5, 0.6) is 5.75 Å². The second kappa shape index (κ2) is 8.76. The van der Waals surface area contributed by atoms with E-state index in [0.29, 0.717) is 11.3 Å². The molecule has 0 aliphatic rings. The zero-order chi connectivity index (χ0) is 18.4. The topological polar surface area (TPSA) is 50.7 Å². The van der Waals surface area contributed by atoms with Crippen LogP contribution in [-0.2, 0) is 4.79 Å². The molecule has 0 spiro atoms. The van der Waals surface area contributed by atoms with Crippen molar-refractivity contribution in [2.24, 2.45) is 5.10 Å². The highest BCUT2D eigenvalue weighted by Crippen LogP contribution is 2.32. The molecule has 0 saturated heterocycles. The number of hydrogen-bond acceptors (Lipinski definition) is 3. The lowest BCUT2D eigenvalue weighted by atomic mass is 10.0. The van der Waals surface area contributed by atoms with Crippen molar-refractivity contribution >= 4 is 28.1 Å². The van der Waals surface area contributed by atoms with E-state index in [-0.39, 0.29) is 12.5 Å². The van der Waals surface area contributed by atoms with Gasteiger partial charge in [-0.25, -0.2) is 9.82 Å². The number of hydrogen-bond donors (Lipinski definition) is 1. The number of benzene rings is 2. The molecule has 25 heavy (non-hydrogen) atoms. The number of carbonyl (C=O) groups is 1. The molecule has 0 bridgehead atoms. The summed E-state index contributed by atoms with van der Waals surface area (Å²) < 4.78 is 20.1. The second-order valence-electron chi connectivity index (χ2n) is 5.90. The number of amides is 1. The SMILES string of the molecule is Cc1cc(OCC(=O)N/N=C/c2ccccc2F)c(C(C)C)cc1Br. The Balaban J connectivity index is 1.96. The average molecular weight is 407 g/mol. The third-order valence-corrected chi connectivity index (χ3v) is 4.42. The van der Waals surface area contributed by atoms with Crippen LogP contribution in [0.3, 0.4) is 0 Å². The molecule has 0 radical (unpaired) electrons. The van der Waals surface area contributed by atoms with Crippen molar-refractivity contribution in [2.75, 3.05) is 6.61 Å². The Labute approximate surface area is 155 Å². The first-order chi connectivity index (χ1) is 11.9. The van der Waals surface area contributed by atoms with Crippen LogP contribution in [0, 0.1) is 12.7 Å². The molecule has 0 atom stereocenters. The maximum absolute atomic E-state index is 13.4. The van der Waals surface area contributed by atoms with Crippen LogP contribution in [0.1, 0.15) is 36.5 Å². The van der Waals surface area contributed by atoms with E-state index in [0.717, 1.165) is 15.6 Å². The molecule has 0 aliphatic carbocycles. The zero-order valence-electron chi connectivity index (χ0n) is 14.3. The Morgan fingerprint density at radius 1 is 1.36 bits per heavy atom. The van der Waals surface area contributed by atoms with Crippen LogP contribution in [0.2, 0.25) is 0 Å². The number of hydrazone groups is 1. The number of ether oxygens (including phenoxy) is 1. The van der Waals surface area contributed by atoms with Gasteiger partial charge in [0.2, 0.25) is 0 Å². The lowest BCUT2D eigenvalue weighted by Gasteiger charge is -2.15. The largest absolute Gasteiger partial charge is 0.483 e. The van der Waals surface area contributed by atoms with Gasteiger partial charge in [-0.05, 0) is 42.2 Å². The van der Waals surface area contributed by atoms with Gasteiger partial charge in [-0.1, -0.05) is 48.0 Å². The highest BCUT2D eigenvalue weighted by atomic mass is 79.9. The number of nitrogens with one attached hydrogen (secondary N) is 1. The molecule has 4 nitrogen and oxygen atoms in total. The van der Waals surface area contributed by atoms with Gasteiger partial charge in [0.1, 0.15) is 11.6 Å². The van der Waals surface area contributed by atoms with E-state index in [4.69, 9.17) is 4.74 Å². The highest BCUT2D eigenvalue weighted by molar-refractivity contribution is 9.10. The monoisotopic (exact) mass is 406 g/mol. The summed E-state index contributed by atoms with van der Waals surface area (Å²) >= 11 is 3.51. The molecule has 132 valence electrons. The molecule has 2 aromatic carbocycles. The van der Waals surface area contributed by atoms with Crippen molar-refractivity contribution in [3.63, 3.8) is 0 Å². The fraction of sp³-hybridized carbons (Fsp3) is 0.263. The van der Waals surface area contributed by atoms with E-state index in [9.17, 15) is 9.18 Å². The smallest absolute Gasteiger partial charge is 0.277 e. The first kappa shape index (κ1) is 19.1. The number of carbonyl (C=O) groups excluding carboxylic acids is 1. The van der Waals surface area contributed by atoms with Gasteiger partial charge in [0.25, 0.3) is 5.91 Å². The van der Waals surface area contributed by atoms with Gasteiger partial charge in [0, 0.05) is 10.0 Å². The minimum atomic E-state index is -0.414. The van der Waals surface area contributed by atoms with Crippen LogP contribution >= 0.6 is 15.9 Å². The molecule has 0 heterocycles. The van der Waals surface area contributed by atoms with Crippen LogP contribution in [0.25, 0.3) is 0 Å². The number of aryl methyl sites for hydroxylation is 1. The summed E-state index contributed by atoms with van der Waals surface area (Å²) in [4.78, 5) is 11.9. The van der Waals surface area contributed by atoms with Gasteiger partial charge in [0.05, 0.1) is 6.21 Å². The summed E-state index contributed by atoms with van der Waals surface area (Å²) in [5.74, 6) is 0.115. The number of rotatable bonds is 6. The summed E-state index contributed by atoms with van der Waals surface area (Å²) in [7, 11) is 0. The Kier molecular flexibility index (Phi) is 6.70. The predicted octanol–water partition coefficient (Wildman–Crippen LogP) is 4.55. The van der Waals surface area contributed by atoms with Crippen LogP contribution in [-0.4, -0.2) is 18.7 Å². The van der Waals surface area contributed by atoms with Gasteiger partial charge >= 0.3 is 0 Å². The minimum Gasteiger partial charge on any atom is -0.483 e. The molecule has 0 fully saturated rings. The second-order valence-corrected chi connectivity index (χ2v) is 6.75. The fourth-order valence-electron chi connectivity index (χ4n) is 2.18. The third-order valence-electron chi connectivity index (χ3n) is 3.57. The summed E-state index contributed by atoms with van der Waals surface area (Å²) in [6.07, 6.45) is 1.26. The molecule has 0 saturated carbocycles. The third kappa shape index (κ3) is 5.39. The van der Waals surface area contributed by atoms with E-state index >= 15 is 0 Å². The molecular weight excluding hydrogens is 387 g/mol. The summed E-state index contributed by atoms with van der Waals surface area (Å²) in [6.45, 7) is 5.90. The van der Waals surface area contributed by atoms with Crippen molar-refractivity contribution < 1.29 is 13.9 Å². The van der Waals surface area contributed by atoms with Crippen molar-refractivity contribution in [3.05, 3.63) is 63.4 Å². The fourth-order valence-corrected chi connectivity index (χ4v) is 2.54. The minimum absolute atomic E-state index is 0.171. The Hall–Kier alpha value is -2.21. The van der Waals surface area contributed by atoms with Gasteiger partial charge in [-0.3, -0.25) is 4.79 Å². The first-order valence-corrected chi connectivity index (χ1v) is 8.67. The van der Waals surface area contributed by atoms with Crippen LogP contribution < -0.4 is 10.2 Å².